The summed E-state index contributed by atoms with van der Waals surface area (Å²) >= 11 is 0. The zero-order valence-corrected chi connectivity index (χ0v) is 9.41. The molecule has 0 bridgehead atoms. The zero-order chi connectivity index (χ0) is 12.4. The summed E-state index contributed by atoms with van der Waals surface area (Å²) in [6.45, 7) is 0. The smallest absolute Gasteiger partial charge is 0.275 e. The first-order valence-corrected chi connectivity index (χ1v) is 4.92. The molecule has 0 unspecified atom stereocenters. The third-order valence-corrected chi connectivity index (χ3v) is 2.24. The van der Waals surface area contributed by atoms with Gasteiger partial charge in [0, 0.05) is 26.4 Å². The van der Waals surface area contributed by atoms with Gasteiger partial charge in [0.15, 0.2) is 0 Å². The van der Waals surface area contributed by atoms with Crippen LogP contribution in [-0.4, -0.2) is 26.5 Å². The third kappa shape index (κ3) is 2.22. The normalized spacial score (nSPS) is 10.2. The number of nitro groups is 1. The number of hydrogen-bond acceptors (Lipinski definition) is 5. The molecule has 0 aromatic carbocycles. The number of rotatable bonds is 3. The SMILES string of the molecule is CNc1cc([N+](=O)[O-])cc(-c2cn(C)cn2)n1. The zero-order valence-electron chi connectivity index (χ0n) is 9.41. The molecule has 0 aliphatic heterocycles. The second-order valence-electron chi connectivity index (χ2n) is 3.53. The van der Waals surface area contributed by atoms with Gasteiger partial charge < -0.3 is 9.88 Å². The minimum Gasteiger partial charge on any atom is -0.373 e. The topological polar surface area (TPSA) is 85.9 Å². The molecule has 2 aromatic heterocycles. The van der Waals surface area contributed by atoms with Crippen molar-refractivity contribution in [3.8, 4) is 11.4 Å². The number of aromatic nitrogens is 3. The predicted octanol–water partition coefficient (Wildman–Crippen LogP) is 1.43. The molecule has 0 radical (unpaired) electrons. The predicted molar refractivity (Wildman–Crippen MR) is 62.6 cm³/mol. The summed E-state index contributed by atoms with van der Waals surface area (Å²) in [4.78, 5) is 18.7. The first-order chi connectivity index (χ1) is 8.10. The maximum atomic E-state index is 10.8. The van der Waals surface area contributed by atoms with E-state index < -0.39 is 4.92 Å². The second-order valence-corrected chi connectivity index (χ2v) is 3.53. The highest BCUT2D eigenvalue weighted by Crippen LogP contribution is 2.23. The van der Waals surface area contributed by atoms with Gasteiger partial charge in [-0.2, -0.15) is 0 Å². The molecule has 7 nitrogen and oxygen atoms in total. The van der Waals surface area contributed by atoms with Gasteiger partial charge in [-0.25, -0.2) is 9.97 Å². The molecule has 0 atom stereocenters. The van der Waals surface area contributed by atoms with E-state index in [0.29, 0.717) is 17.2 Å². The molecular formula is C10H11N5O2. The standard InChI is InChI=1S/C10H11N5O2/c1-11-10-4-7(15(16)17)3-8(13-10)9-5-14(2)6-12-9/h3-6H,1-2H3,(H,11,13). The number of nitrogens with zero attached hydrogens (tertiary/aromatic N) is 4. The molecule has 0 aliphatic carbocycles. The van der Waals surface area contributed by atoms with Crippen molar-refractivity contribution in [2.75, 3.05) is 12.4 Å². The van der Waals surface area contributed by atoms with Crippen LogP contribution in [0.25, 0.3) is 11.4 Å². The number of imidazole rings is 1. The highest BCUT2D eigenvalue weighted by atomic mass is 16.6. The summed E-state index contributed by atoms with van der Waals surface area (Å²) in [5.74, 6) is 0.444. The van der Waals surface area contributed by atoms with Crippen LogP contribution >= 0.6 is 0 Å². The largest absolute Gasteiger partial charge is 0.373 e. The van der Waals surface area contributed by atoms with Crippen molar-refractivity contribution in [2.24, 2.45) is 7.05 Å². The van der Waals surface area contributed by atoms with Gasteiger partial charge in [0.1, 0.15) is 11.5 Å². The lowest BCUT2D eigenvalue weighted by Gasteiger charge is -2.02. The molecule has 0 fully saturated rings. The van der Waals surface area contributed by atoms with Gasteiger partial charge >= 0.3 is 0 Å². The van der Waals surface area contributed by atoms with E-state index in [0.717, 1.165) is 0 Å². The monoisotopic (exact) mass is 233 g/mol. The molecule has 1 N–H and O–H groups in total. The number of nitrogens with one attached hydrogen (secondary N) is 1. The van der Waals surface area contributed by atoms with Crippen LogP contribution in [0.3, 0.4) is 0 Å². The van der Waals surface area contributed by atoms with E-state index in [1.807, 2.05) is 7.05 Å². The van der Waals surface area contributed by atoms with E-state index in [1.54, 1.807) is 24.1 Å². The summed E-state index contributed by atoms with van der Waals surface area (Å²) < 4.78 is 1.76. The van der Waals surface area contributed by atoms with Gasteiger partial charge in [0.05, 0.1) is 23.0 Å². The summed E-state index contributed by atoms with van der Waals surface area (Å²) in [6, 6.07) is 2.79. The van der Waals surface area contributed by atoms with Crippen molar-refractivity contribution in [1.29, 1.82) is 0 Å². The van der Waals surface area contributed by atoms with Crippen molar-refractivity contribution in [1.82, 2.24) is 14.5 Å². The van der Waals surface area contributed by atoms with E-state index in [2.05, 4.69) is 15.3 Å². The van der Waals surface area contributed by atoms with Crippen molar-refractivity contribution >= 4 is 11.5 Å². The quantitative estimate of drug-likeness (QED) is 0.640. The Bertz CT molecular complexity index is 564. The number of anilines is 1. The Morgan fingerprint density at radius 3 is 2.71 bits per heavy atom. The van der Waals surface area contributed by atoms with Crippen molar-refractivity contribution < 1.29 is 4.92 Å². The van der Waals surface area contributed by atoms with Crippen molar-refractivity contribution in [3.63, 3.8) is 0 Å². The van der Waals surface area contributed by atoms with Crippen LogP contribution in [0.2, 0.25) is 0 Å². The Kier molecular flexibility index (Phi) is 2.73. The highest BCUT2D eigenvalue weighted by molar-refractivity contribution is 5.61. The second kappa shape index (κ2) is 4.20. The maximum Gasteiger partial charge on any atom is 0.275 e. The van der Waals surface area contributed by atoms with E-state index in [4.69, 9.17) is 0 Å². The Morgan fingerprint density at radius 2 is 2.18 bits per heavy atom. The van der Waals surface area contributed by atoms with Crippen LogP contribution < -0.4 is 5.32 Å². The van der Waals surface area contributed by atoms with Gasteiger partial charge in [-0.05, 0) is 0 Å². The maximum absolute atomic E-state index is 10.8. The minimum absolute atomic E-state index is 0.00926. The number of aryl methyl sites for hydroxylation is 1. The Balaban J connectivity index is 2.53. The van der Waals surface area contributed by atoms with E-state index in [1.165, 1.54) is 12.1 Å². The molecule has 2 rings (SSSR count). The lowest BCUT2D eigenvalue weighted by atomic mass is 10.2. The van der Waals surface area contributed by atoms with Gasteiger partial charge in [0.2, 0.25) is 0 Å². The first kappa shape index (κ1) is 11.1. The minimum atomic E-state index is -0.449. The lowest BCUT2D eigenvalue weighted by Crippen LogP contribution is -1.97. The van der Waals surface area contributed by atoms with Gasteiger partial charge in [-0.1, -0.05) is 0 Å². The number of hydrogen-bond donors (Lipinski definition) is 1. The number of pyridine rings is 1. The Morgan fingerprint density at radius 1 is 1.41 bits per heavy atom. The summed E-state index contributed by atoms with van der Waals surface area (Å²) in [5.41, 5.74) is 1.07. The average Bonchev–Trinajstić information content (AvgIpc) is 2.75. The third-order valence-electron chi connectivity index (χ3n) is 2.24. The summed E-state index contributed by atoms with van der Waals surface area (Å²) in [5, 5.41) is 13.6. The van der Waals surface area contributed by atoms with Gasteiger partial charge in [-0.3, -0.25) is 10.1 Å². The molecule has 0 aliphatic rings. The van der Waals surface area contributed by atoms with E-state index in [-0.39, 0.29) is 5.69 Å². The molecule has 0 saturated heterocycles. The fourth-order valence-corrected chi connectivity index (χ4v) is 1.43. The Labute approximate surface area is 97.3 Å². The molecular weight excluding hydrogens is 222 g/mol. The van der Waals surface area contributed by atoms with Crippen LogP contribution in [-0.2, 0) is 7.05 Å². The molecule has 88 valence electrons. The molecule has 17 heavy (non-hydrogen) atoms. The fraction of sp³-hybridized carbons (Fsp3) is 0.200. The van der Waals surface area contributed by atoms with Crippen LogP contribution in [0.1, 0.15) is 0 Å². The molecule has 2 heterocycles. The van der Waals surface area contributed by atoms with Crippen molar-refractivity contribution in [2.45, 2.75) is 0 Å². The molecule has 7 heteroatoms. The summed E-state index contributed by atoms with van der Waals surface area (Å²) in [6.07, 6.45) is 3.38. The molecule has 0 saturated carbocycles. The molecule has 0 spiro atoms. The fourth-order valence-electron chi connectivity index (χ4n) is 1.43. The summed E-state index contributed by atoms with van der Waals surface area (Å²) in [7, 11) is 3.49. The van der Waals surface area contributed by atoms with Crippen LogP contribution in [0.5, 0.6) is 0 Å². The van der Waals surface area contributed by atoms with Gasteiger partial charge in [0.25, 0.3) is 5.69 Å². The van der Waals surface area contributed by atoms with E-state index >= 15 is 0 Å². The van der Waals surface area contributed by atoms with E-state index in [9.17, 15) is 10.1 Å². The highest BCUT2D eigenvalue weighted by Gasteiger charge is 2.13. The van der Waals surface area contributed by atoms with Crippen LogP contribution in [0.15, 0.2) is 24.7 Å². The van der Waals surface area contributed by atoms with Gasteiger partial charge in [-0.15, -0.1) is 0 Å². The lowest BCUT2D eigenvalue weighted by molar-refractivity contribution is -0.384. The van der Waals surface area contributed by atoms with Crippen LogP contribution in [0, 0.1) is 10.1 Å². The molecule has 2 aromatic rings. The molecule has 0 amide bonds. The average molecular weight is 233 g/mol. The van der Waals surface area contributed by atoms with Crippen molar-refractivity contribution in [3.05, 3.63) is 34.8 Å². The first-order valence-electron chi connectivity index (χ1n) is 4.92. The Hall–Kier alpha value is -2.44. The van der Waals surface area contributed by atoms with Crippen LogP contribution in [0.4, 0.5) is 11.5 Å².